The van der Waals surface area contributed by atoms with Gasteiger partial charge in [-0.1, -0.05) is 13.8 Å². The fourth-order valence-electron chi connectivity index (χ4n) is 1.63. The second-order valence-electron chi connectivity index (χ2n) is 3.91. The van der Waals surface area contributed by atoms with Crippen LogP contribution in [0.2, 0.25) is 0 Å². The Balaban J connectivity index is 2.85. The maximum atomic E-state index is 12.1. The van der Waals surface area contributed by atoms with Crippen LogP contribution in [-0.2, 0) is 10.0 Å². The number of hydrogen-bond acceptors (Lipinski definition) is 3. The summed E-state index contributed by atoms with van der Waals surface area (Å²) >= 11 is 0. The number of rotatable bonds is 6. The highest BCUT2D eigenvalue weighted by Crippen LogP contribution is 2.31. The minimum atomic E-state index is -3.39. The van der Waals surface area contributed by atoms with Crippen molar-refractivity contribution in [1.29, 1.82) is 5.26 Å². The van der Waals surface area contributed by atoms with Crippen molar-refractivity contribution in [3.63, 3.8) is 0 Å². The molecule has 1 rings (SSSR count). The third kappa shape index (κ3) is 2.70. The molecule has 1 aliphatic rings. The van der Waals surface area contributed by atoms with Gasteiger partial charge in [0, 0.05) is 12.6 Å². The van der Waals surface area contributed by atoms with Crippen molar-refractivity contribution in [3.05, 3.63) is 0 Å². The summed E-state index contributed by atoms with van der Waals surface area (Å²) < 4.78 is 25.7. The van der Waals surface area contributed by atoms with Crippen LogP contribution >= 0.6 is 0 Å². The zero-order valence-corrected chi connectivity index (χ0v) is 10.1. The molecule has 4 nitrogen and oxygen atoms in total. The van der Waals surface area contributed by atoms with Crippen LogP contribution in [0.1, 0.15) is 39.5 Å². The molecular weight excluding hydrogens is 212 g/mol. The summed E-state index contributed by atoms with van der Waals surface area (Å²) in [5.41, 5.74) is 0. The van der Waals surface area contributed by atoms with Crippen LogP contribution in [0.3, 0.4) is 0 Å². The molecule has 0 radical (unpaired) electrons. The van der Waals surface area contributed by atoms with Gasteiger partial charge in [-0.3, -0.25) is 0 Å². The Kier molecular flexibility index (Phi) is 4.12. The highest BCUT2D eigenvalue weighted by Gasteiger charge is 2.40. The minimum absolute atomic E-state index is 0.164. The molecule has 15 heavy (non-hydrogen) atoms. The van der Waals surface area contributed by atoms with Crippen LogP contribution in [0.5, 0.6) is 0 Å². The summed E-state index contributed by atoms with van der Waals surface area (Å²) in [5.74, 6) is 0. The van der Waals surface area contributed by atoms with Crippen LogP contribution in [0.25, 0.3) is 0 Å². The van der Waals surface area contributed by atoms with Gasteiger partial charge in [0.25, 0.3) is 0 Å². The van der Waals surface area contributed by atoms with E-state index in [-0.39, 0.29) is 6.04 Å². The van der Waals surface area contributed by atoms with Crippen molar-refractivity contribution in [2.45, 2.75) is 50.8 Å². The Morgan fingerprint density at radius 3 is 2.40 bits per heavy atom. The lowest BCUT2D eigenvalue weighted by Crippen LogP contribution is -2.40. The molecule has 0 aromatic heterocycles. The van der Waals surface area contributed by atoms with Crippen LogP contribution in [0, 0.1) is 11.3 Å². The zero-order valence-electron chi connectivity index (χ0n) is 9.31. The summed E-state index contributed by atoms with van der Waals surface area (Å²) in [7, 11) is -3.39. The van der Waals surface area contributed by atoms with Gasteiger partial charge in [0.15, 0.2) is 5.25 Å². The van der Waals surface area contributed by atoms with Crippen LogP contribution < -0.4 is 0 Å². The molecule has 0 N–H and O–H groups in total. The Morgan fingerprint density at radius 1 is 1.47 bits per heavy atom. The normalized spacial score (nSPS) is 18.8. The predicted octanol–water partition coefficient (Wildman–Crippen LogP) is 1.49. The van der Waals surface area contributed by atoms with E-state index in [1.807, 2.05) is 13.0 Å². The molecule has 0 aliphatic heterocycles. The van der Waals surface area contributed by atoms with Gasteiger partial charge in [0.05, 0.1) is 6.07 Å². The van der Waals surface area contributed by atoms with Gasteiger partial charge in [-0.05, 0) is 25.7 Å². The molecule has 1 fully saturated rings. The first kappa shape index (κ1) is 12.5. The topological polar surface area (TPSA) is 61.2 Å². The van der Waals surface area contributed by atoms with E-state index in [4.69, 9.17) is 5.26 Å². The summed E-state index contributed by atoms with van der Waals surface area (Å²) in [6.07, 6.45) is 3.06. The summed E-state index contributed by atoms with van der Waals surface area (Å²) in [6.45, 7) is 4.24. The van der Waals surface area contributed by atoms with Gasteiger partial charge in [-0.15, -0.1) is 0 Å². The monoisotopic (exact) mass is 230 g/mol. The standard InChI is InChI=1S/C10H18N2O2S/c1-3-7-12(9-5-6-9)15(13,14)10(4-2)8-11/h9-10H,3-7H2,1-2H3. The average molecular weight is 230 g/mol. The molecule has 0 amide bonds. The van der Waals surface area contributed by atoms with Gasteiger partial charge < -0.3 is 0 Å². The molecular formula is C10H18N2O2S. The van der Waals surface area contributed by atoms with Crippen LogP contribution in [-0.4, -0.2) is 30.6 Å². The molecule has 0 bridgehead atoms. The Bertz CT molecular complexity index is 341. The van der Waals surface area contributed by atoms with E-state index >= 15 is 0 Å². The quantitative estimate of drug-likeness (QED) is 0.694. The average Bonchev–Trinajstić information content (AvgIpc) is 2.98. The Labute approximate surface area is 91.9 Å². The van der Waals surface area contributed by atoms with Gasteiger partial charge in [-0.2, -0.15) is 9.57 Å². The third-order valence-corrected chi connectivity index (χ3v) is 4.89. The highest BCUT2D eigenvalue weighted by molar-refractivity contribution is 7.90. The van der Waals surface area contributed by atoms with Crippen molar-refractivity contribution < 1.29 is 8.42 Å². The predicted molar refractivity (Wildman–Crippen MR) is 58.6 cm³/mol. The smallest absolute Gasteiger partial charge is 0.211 e. The molecule has 0 aromatic carbocycles. The third-order valence-electron chi connectivity index (χ3n) is 2.60. The molecule has 1 unspecified atom stereocenters. The van der Waals surface area contributed by atoms with E-state index in [9.17, 15) is 8.42 Å². The first-order valence-corrected chi connectivity index (χ1v) is 6.98. The van der Waals surface area contributed by atoms with Gasteiger partial charge >= 0.3 is 0 Å². The van der Waals surface area contributed by atoms with Crippen molar-refractivity contribution in [3.8, 4) is 6.07 Å². The molecule has 0 saturated heterocycles. The number of nitrogens with zero attached hydrogens (tertiary/aromatic N) is 2. The molecule has 1 atom stereocenters. The minimum Gasteiger partial charge on any atom is -0.211 e. The summed E-state index contributed by atoms with van der Waals surface area (Å²) in [6, 6.07) is 2.05. The van der Waals surface area contributed by atoms with Crippen molar-refractivity contribution in [2.75, 3.05) is 6.54 Å². The molecule has 0 spiro atoms. The van der Waals surface area contributed by atoms with Crippen LogP contribution in [0.4, 0.5) is 0 Å². The Morgan fingerprint density at radius 2 is 2.07 bits per heavy atom. The van der Waals surface area contributed by atoms with Crippen LogP contribution in [0.15, 0.2) is 0 Å². The highest BCUT2D eigenvalue weighted by atomic mass is 32.2. The SMILES string of the molecule is CCCN(C1CC1)S(=O)(=O)C(C#N)CC. The maximum absolute atomic E-state index is 12.1. The lowest BCUT2D eigenvalue weighted by molar-refractivity contribution is 0.399. The van der Waals surface area contributed by atoms with Crippen molar-refractivity contribution >= 4 is 10.0 Å². The fraction of sp³-hybridized carbons (Fsp3) is 0.900. The van der Waals surface area contributed by atoms with E-state index in [1.54, 1.807) is 6.92 Å². The van der Waals surface area contributed by atoms with E-state index in [2.05, 4.69) is 0 Å². The first-order valence-electron chi connectivity index (χ1n) is 5.48. The first-order chi connectivity index (χ1) is 7.07. The van der Waals surface area contributed by atoms with Gasteiger partial charge in [-0.25, -0.2) is 8.42 Å². The lowest BCUT2D eigenvalue weighted by atomic mass is 10.4. The zero-order chi connectivity index (χ0) is 11.5. The summed E-state index contributed by atoms with van der Waals surface area (Å²) in [5, 5.41) is 7.95. The maximum Gasteiger partial charge on any atom is 0.230 e. The largest absolute Gasteiger partial charge is 0.230 e. The summed E-state index contributed by atoms with van der Waals surface area (Å²) in [4.78, 5) is 0. The molecule has 86 valence electrons. The van der Waals surface area contributed by atoms with Crippen molar-refractivity contribution in [2.24, 2.45) is 0 Å². The molecule has 1 saturated carbocycles. The lowest BCUT2D eigenvalue weighted by Gasteiger charge is -2.23. The number of hydrogen-bond donors (Lipinski definition) is 0. The van der Waals surface area contributed by atoms with E-state index < -0.39 is 15.3 Å². The second kappa shape index (κ2) is 4.95. The fourth-order valence-corrected chi connectivity index (χ4v) is 3.58. The molecule has 5 heteroatoms. The Hall–Kier alpha value is -0.600. The second-order valence-corrected chi connectivity index (χ2v) is 5.98. The van der Waals surface area contributed by atoms with Gasteiger partial charge in [0.2, 0.25) is 10.0 Å². The number of nitriles is 1. The van der Waals surface area contributed by atoms with Gasteiger partial charge in [0.1, 0.15) is 0 Å². The van der Waals surface area contributed by atoms with E-state index in [0.29, 0.717) is 13.0 Å². The van der Waals surface area contributed by atoms with E-state index in [1.165, 1.54) is 4.31 Å². The number of sulfonamides is 1. The van der Waals surface area contributed by atoms with E-state index in [0.717, 1.165) is 19.3 Å². The molecule has 0 heterocycles. The molecule has 0 aromatic rings. The van der Waals surface area contributed by atoms with Crippen molar-refractivity contribution in [1.82, 2.24) is 4.31 Å². The molecule has 1 aliphatic carbocycles.